The van der Waals surface area contributed by atoms with Gasteiger partial charge in [-0.05, 0) is 24.8 Å². The molecule has 0 atom stereocenters. The maximum absolute atomic E-state index is 12.0. The summed E-state index contributed by atoms with van der Waals surface area (Å²) >= 11 is 0. The van der Waals surface area contributed by atoms with Crippen molar-refractivity contribution >= 4 is 11.8 Å². The van der Waals surface area contributed by atoms with Crippen LogP contribution in [0.25, 0.3) is 0 Å². The number of hydrogen-bond acceptors (Lipinski definition) is 3. The van der Waals surface area contributed by atoms with E-state index in [9.17, 15) is 9.59 Å². The highest BCUT2D eigenvalue weighted by atomic mass is 16.2. The molecule has 0 aromatic heterocycles. The average molecular weight is 297 g/mol. The van der Waals surface area contributed by atoms with Crippen LogP contribution in [0.2, 0.25) is 0 Å². The van der Waals surface area contributed by atoms with Crippen LogP contribution in [0.5, 0.6) is 0 Å². The second-order valence-electron chi connectivity index (χ2n) is 7.30. The standard InChI is InChI=1S/C16H31N3O2/c1-15(2,3)14(21)19-10-9-18-13(20)11-16(12-17)7-5-4-6-8-16/h4-12,17H2,1-3H3,(H,18,20)(H,19,21). The molecule has 2 amide bonds. The summed E-state index contributed by atoms with van der Waals surface area (Å²) in [5, 5.41) is 5.71. The van der Waals surface area contributed by atoms with Crippen LogP contribution in [-0.4, -0.2) is 31.4 Å². The number of nitrogens with two attached hydrogens (primary N) is 1. The highest BCUT2D eigenvalue weighted by molar-refractivity contribution is 5.81. The summed E-state index contributed by atoms with van der Waals surface area (Å²) in [7, 11) is 0. The molecular weight excluding hydrogens is 266 g/mol. The van der Waals surface area contributed by atoms with Crippen molar-refractivity contribution in [3.05, 3.63) is 0 Å². The van der Waals surface area contributed by atoms with Crippen LogP contribution in [-0.2, 0) is 9.59 Å². The molecule has 1 fully saturated rings. The second-order valence-corrected chi connectivity index (χ2v) is 7.30. The van der Waals surface area contributed by atoms with E-state index >= 15 is 0 Å². The third-order valence-corrected chi connectivity index (χ3v) is 4.30. The van der Waals surface area contributed by atoms with Gasteiger partial charge in [0.1, 0.15) is 0 Å². The van der Waals surface area contributed by atoms with Gasteiger partial charge in [-0.1, -0.05) is 40.0 Å². The lowest BCUT2D eigenvalue weighted by Crippen LogP contribution is -2.42. The van der Waals surface area contributed by atoms with Gasteiger partial charge in [-0.25, -0.2) is 0 Å². The van der Waals surface area contributed by atoms with Crippen molar-refractivity contribution in [1.82, 2.24) is 10.6 Å². The first-order chi connectivity index (χ1) is 9.79. The average Bonchev–Trinajstić information content (AvgIpc) is 2.43. The second kappa shape index (κ2) is 7.78. The molecule has 122 valence electrons. The van der Waals surface area contributed by atoms with E-state index in [1.54, 1.807) is 0 Å². The Morgan fingerprint density at radius 1 is 1.05 bits per heavy atom. The molecule has 0 radical (unpaired) electrons. The lowest BCUT2D eigenvalue weighted by atomic mass is 9.71. The lowest BCUT2D eigenvalue weighted by Gasteiger charge is -2.35. The van der Waals surface area contributed by atoms with Gasteiger partial charge in [-0.3, -0.25) is 9.59 Å². The van der Waals surface area contributed by atoms with Gasteiger partial charge in [0, 0.05) is 24.9 Å². The molecular formula is C16H31N3O2. The summed E-state index contributed by atoms with van der Waals surface area (Å²) in [6, 6.07) is 0. The molecule has 0 bridgehead atoms. The maximum Gasteiger partial charge on any atom is 0.225 e. The van der Waals surface area contributed by atoms with Crippen molar-refractivity contribution in [2.75, 3.05) is 19.6 Å². The third-order valence-electron chi connectivity index (χ3n) is 4.30. The molecule has 0 aromatic carbocycles. The molecule has 1 saturated carbocycles. The van der Waals surface area contributed by atoms with Gasteiger partial charge in [0.2, 0.25) is 11.8 Å². The summed E-state index contributed by atoms with van der Waals surface area (Å²) in [5.74, 6) is 0.0508. The van der Waals surface area contributed by atoms with Crippen LogP contribution in [0.3, 0.4) is 0 Å². The normalized spacial score (nSPS) is 18.1. The summed E-state index contributed by atoms with van der Waals surface area (Å²) in [5.41, 5.74) is 5.50. The first-order valence-corrected chi connectivity index (χ1v) is 8.04. The highest BCUT2D eigenvalue weighted by Gasteiger charge is 2.32. The van der Waals surface area contributed by atoms with Gasteiger partial charge in [0.05, 0.1) is 0 Å². The molecule has 0 aliphatic heterocycles. The molecule has 0 unspecified atom stereocenters. The highest BCUT2D eigenvalue weighted by Crippen LogP contribution is 2.38. The number of carbonyl (C=O) groups is 2. The van der Waals surface area contributed by atoms with E-state index in [0.29, 0.717) is 26.1 Å². The summed E-state index contributed by atoms with van der Waals surface area (Å²) in [6.07, 6.45) is 6.21. The zero-order valence-electron chi connectivity index (χ0n) is 13.8. The van der Waals surface area contributed by atoms with E-state index in [4.69, 9.17) is 5.73 Å². The lowest BCUT2D eigenvalue weighted by molar-refractivity contribution is -0.129. The predicted molar refractivity (Wildman–Crippen MR) is 84.7 cm³/mol. The minimum atomic E-state index is -0.393. The van der Waals surface area contributed by atoms with Crippen LogP contribution in [0.1, 0.15) is 59.3 Å². The van der Waals surface area contributed by atoms with Gasteiger partial charge < -0.3 is 16.4 Å². The Hall–Kier alpha value is -1.10. The van der Waals surface area contributed by atoms with Crippen molar-refractivity contribution in [2.24, 2.45) is 16.6 Å². The van der Waals surface area contributed by atoms with Gasteiger partial charge >= 0.3 is 0 Å². The SMILES string of the molecule is CC(C)(C)C(=O)NCCNC(=O)CC1(CN)CCCCC1. The molecule has 0 aromatic rings. The van der Waals surface area contributed by atoms with Crippen LogP contribution in [0.15, 0.2) is 0 Å². The first-order valence-electron chi connectivity index (χ1n) is 8.04. The molecule has 5 heteroatoms. The van der Waals surface area contributed by atoms with E-state index in [2.05, 4.69) is 10.6 Å². The molecule has 0 heterocycles. The zero-order chi connectivity index (χ0) is 15.9. The van der Waals surface area contributed by atoms with Crippen molar-refractivity contribution in [3.63, 3.8) is 0 Å². The summed E-state index contributed by atoms with van der Waals surface area (Å²) < 4.78 is 0. The Bertz CT molecular complexity index is 355. The van der Waals surface area contributed by atoms with E-state index in [0.717, 1.165) is 12.8 Å². The number of nitrogens with one attached hydrogen (secondary N) is 2. The first kappa shape index (κ1) is 18.0. The molecule has 0 saturated heterocycles. The Kier molecular flexibility index (Phi) is 6.65. The van der Waals surface area contributed by atoms with Crippen molar-refractivity contribution in [3.8, 4) is 0 Å². The largest absolute Gasteiger partial charge is 0.354 e. The van der Waals surface area contributed by atoms with Gasteiger partial charge in [-0.2, -0.15) is 0 Å². The zero-order valence-corrected chi connectivity index (χ0v) is 13.8. The Labute approximate surface area is 128 Å². The predicted octanol–water partition coefficient (Wildman–Crippen LogP) is 1.56. The molecule has 1 aliphatic rings. The van der Waals surface area contributed by atoms with E-state index < -0.39 is 5.41 Å². The van der Waals surface area contributed by atoms with Gasteiger partial charge in [0.25, 0.3) is 0 Å². The van der Waals surface area contributed by atoms with Crippen LogP contribution < -0.4 is 16.4 Å². The fourth-order valence-corrected chi connectivity index (χ4v) is 2.80. The van der Waals surface area contributed by atoms with Crippen LogP contribution in [0, 0.1) is 10.8 Å². The van der Waals surface area contributed by atoms with Crippen molar-refractivity contribution < 1.29 is 9.59 Å². The summed E-state index contributed by atoms with van der Waals surface area (Å²) in [6.45, 7) is 7.14. The molecule has 1 aliphatic carbocycles. The topological polar surface area (TPSA) is 84.2 Å². The maximum atomic E-state index is 12.0. The van der Waals surface area contributed by atoms with Gasteiger partial charge in [0.15, 0.2) is 0 Å². The Morgan fingerprint density at radius 3 is 2.14 bits per heavy atom. The molecule has 21 heavy (non-hydrogen) atoms. The van der Waals surface area contributed by atoms with Crippen molar-refractivity contribution in [1.29, 1.82) is 0 Å². The quantitative estimate of drug-likeness (QED) is 0.651. The van der Waals surface area contributed by atoms with Crippen molar-refractivity contribution in [2.45, 2.75) is 59.3 Å². The minimum Gasteiger partial charge on any atom is -0.354 e. The molecule has 0 spiro atoms. The fraction of sp³-hybridized carbons (Fsp3) is 0.875. The smallest absolute Gasteiger partial charge is 0.225 e. The Morgan fingerprint density at radius 2 is 1.62 bits per heavy atom. The minimum absolute atomic E-state index is 0.00228. The molecule has 5 nitrogen and oxygen atoms in total. The number of hydrogen-bond donors (Lipinski definition) is 3. The Balaban J connectivity index is 2.26. The van der Waals surface area contributed by atoms with Crippen LogP contribution in [0.4, 0.5) is 0 Å². The van der Waals surface area contributed by atoms with E-state index in [1.165, 1.54) is 19.3 Å². The van der Waals surface area contributed by atoms with Crippen LogP contribution >= 0.6 is 0 Å². The van der Waals surface area contributed by atoms with E-state index in [1.807, 2.05) is 20.8 Å². The molecule has 4 N–H and O–H groups in total. The summed E-state index contributed by atoms with van der Waals surface area (Å²) in [4.78, 5) is 23.7. The third kappa shape index (κ3) is 6.04. The van der Waals surface area contributed by atoms with E-state index in [-0.39, 0.29) is 17.2 Å². The van der Waals surface area contributed by atoms with Gasteiger partial charge in [-0.15, -0.1) is 0 Å². The number of rotatable bonds is 6. The molecule has 1 rings (SSSR count). The fourth-order valence-electron chi connectivity index (χ4n) is 2.80. The number of amides is 2. The monoisotopic (exact) mass is 297 g/mol. The number of carbonyl (C=O) groups excluding carboxylic acids is 2.